The van der Waals surface area contributed by atoms with E-state index in [-0.39, 0.29) is 70.4 Å². The van der Waals surface area contributed by atoms with Gasteiger partial charge in [-0.1, -0.05) is 54.1 Å². The molecule has 0 bridgehead atoms. The van der Waals surface area contributed by atoms with Crippen LogP contribution < -0.4 is 4.72 Å². The predicted octanol–water partition coefficient (Wildman–Crippen LogP) is 1.94. The molecule has 3 rings (SSSR count). The molecule has 1 atom stereocenters. The number of halogens is 1. The van der Waals surface area contributed by atoms with Crippen LogP contribution in [0.15, 0.2) is 71.6 Å². The SMILES string of the molecule is O=C(O)C(Cc1ccc(Cl)cc1)C(=O)NS(=O)(=O)c1ccc2ccccc2c1.[NaH].[NaH]. The van der Waals surface area contributed by atoms with Gasteiger partial charge in [0.25, 0.3) is 10.0 Å². The van der Waals surface area contributed by atoms with E-state index in [1.807, 2.05) is 16.9 Å². The number of sulfonamides is 1. The van der Waals surface area contributed by atoms with Crippen LogP contribution in [0.5, 0.6) is 0 Å². The van der Waals surface area contributed by atoms with Crippen molar-refractivity contribution in [2.75, 3.05) is 0 Å². The summed E-state index contributed by atoms with van der Waals surface area (Å²) in [4.78, 5) is 23.8. The fourth-order valence-corrected chi connectivity index (χ4v) is 3.93. The number of nitrogens with one attached hydrogen (secondary N) is 1. The average molecular weight is 466 g/mol. The number of hydrogen-bond acceptors (Lipinski definition) is 4. The first-order valence-corrected chi connectivity index (χ1v) is 10.1. The Morgan fingerprint density at radius 1 is 0.933 bits per heavy atom. The van der Waals surface area contributed by atoms with Gasteiger partial charge >= 0.3 is 65.1 Å². The Bertz CT molecular complexity index is 1150. The first-order chi connectivity index (χ1) is 13.3. The normalized spacial score (nSPS) is 11.6. The zero-order valence-electron chi connectivity index (χ0n) is 14.5. The predicted molar refractivity (Wildman–Crippen MR) is 120 cm³/mol. The van der Waals surface area contributed by atoms with Gasteiger partial charge in [-0.3, -0.25) is 9.59 Å². The summed E-state index contributed by atoms with van der Waals surface area (Å²) >= 11 is 5.79. The summed E-state index contributed by atoms with van der Waals surface area (Å²) in [6, 6.07) is 17.9. The van der Waals surface area contributed by atoms with Crippen molar-refractivity contribution in [3.8, 4) is 0 Å². The van der Waals surface area contributed by atoms with Crippen molar-refractivity contribution in [2.45, 2.75) is 11.3 Å². The fraction of sp³-hybridized carbons (Fsp3) is 0.100. The van der Waals surface area contributed by atoms with Crippen molar-refractivity contribution in [1.29, 1.82) is 0 Å². The molecule has 0 fully saturated rings. The Morgan fingerprint density at radius 2 is 1.53 bits per heavy atom. The molecule has 1 unspecified atom stereocenters. The molecule has 3 aromatic rings. The van der Waals surface area contributed by atoms with Gasteiger partial charge in [-0.15, -0.1) is 0 Å². The third-order valence-electron chi connectivity index (χ3n) is 4.23. The second-order valence-electron chi connectivity index (χ2n) is 6.20. The standard InChI is InChI=1S/C20H16ClNO5S.2Na.2H/c21-16-8-5-13(6-9-16)11-18(20(24)25)19(23)22-28(26,27)17-10-7-14-3-1-2-4-15(14)12-17;;;;/h1-10,12,18H,11H2,(H,22,23)(H,24,25);;;;. The number of fused-ring (bicyclic) bond motifs is 1. The summed E-state index contributed by atoms with van der Waals surface area (Å²) in [7, 11) is -4.21. The third kappa shape index (κ3) is 6.80. The van der Waals surface area contributed by atoms with E-state index in [2.05, 4.69) is 0 Å². The van der Waals surface area contributed by atoms with Gasteiger partial charge in [0.1, 0.15) is 5.92 Å². The maximum absolute atomic E-state index is 12.6. The van der Waals surface area contributed by atoms with Crippen LogP contribution in [0, 0.1) is 5.92 Å². The number of carboxylic acids is 1. The number of rotatable bonds is 6. The third-order valence-corrected chi connectivity index (χ3v) is 5.83. The summed E-state index contributed by atoms with van der Waals surface area (Å²) in [5.41, 5.74) is 0.551. The minimum atomic E-state index is -4.21. The van der Waals surface area contributed by atoms with Gasteiger partial charge in [0.15, 0.2) is 0 Å². The van der Waals surface area contributed by atoms with Crippen LogP contribution in [-0.4, -0.2) is 84.5 Å². The van der Waals surface area contributed by atoms with E-state index < -0.39 is 27.8 Å². The second kappa shape index (κ2) is 11.6. The number of amides is 1. The molecular weight excluding hydrogens is 448 g/mol. The Labute approximate surface area is 223 Å². The minimum absolute atomic E-state index is 0. The van der Waals surface area contributed by atoms with Crippen molar-refractivity contribution in [1.82, 2.24) is 4.72 Å². The molecular formula is C20H18ClNNa2O5S. The molecule has 0 spiro atoms. The molecule has 0 aliphatic carbocycles. The first-order valence-electron chi connectivity index (χ1n) is 8.29. The Hall–Kier alpha value is -0.900. The molecule has 0 aliphatic heterocycles. The van der Waals surface area contributed by atoms with Crippen molar-refractivity contribution >= 4 is 103 Å². The first kappa shape index (κ1) is 27.1. The molecule has 2 N–H and O–H groups in total. The van der Waals surface area contributed by atoms with Crippen LogP contribution in [0.1, 0.15) is 5.56 Å². The number of carbonyl (C=O) groups is 2. The van der Waals surface area contributed by atoms with Crippen LogP contribution in [-0.2, 0) is 26.0 Å². The zero-order valence-corrected chi connectivity index (χ0v) is 16.1. The van der Waals surface area contributed by atoms with E-state index in [0.717, 1.165) is 5.39 Å². The Kier molecular flexibility index (Phi) is 10.5. The summed E-state index contributed by atoms with van der Waals surface area (Å²) in [6.07, 6.45) is -0.161. The van der Waals surface area contributed by atoms with Gasteiger partial charge in [0.2, 0.25) is 5.91 Å². The van der Waals surface area contributed by atoms with Gasteiger partial charge in [0, 0.05) is 5.02 Å². The van der Waals surface area contributed by atoms with Crippen molar-refractivity contribution in [2.24, 2.45) is 5.92 Å². The van der Waals surface area contributed by atoms with E-state index in [4.69, 9.17) is 11.6 Å². The number of aliphatic carboxylic acids is 1. The van der Waals surface area contributed by atoms with E-state index in [1.165, 1.54) is 12.1 Å². The summed E-state index contributed by atoms with van der Waals surface area (Å²) < 4.78 is 27.0. The van der Waals surface area contributed by atoms with Crippen molar-refractivity contribution < 1.29 is 23.1 Å². The summed E-state index contributed by atoms with van der Waals surface area (Å²) in [5, 5.41) is 11.4. The molecule has 0 aliphatic rings. The Balaban J connectivity index is 0.00000225. The van der Waals surface area contributed by atoms with Gasteiger partial charge in [-0.25, -0.2) is 13.1 Å². The van der Waals surface area contributed by atoms with Crippen LogP contribution in [0.4, 0.5) is 0 Å². The summed E-state index contributed by atoms with van der Waals surface area (Å²) in [6.45, 7) is 0. The molecule has 0 radical (unpaired) electrons. The van der Waals surface area contributed by atoms with Crippen LogP contribution in [0.25, 0.3) is 10.8 Å². The molecule has 30 heavy (non-hydrogen) atoms. The van der Waals surface area contributed by atoms with E-state index >= 15 is 0 Å². The molecule has 0 saturated heterocycles. The van der Waals surface area contributed by atoms with E-state index in [1.54, 1.807) is 42.5 Å². The van der Waals surface area contributed by atoms with E-state index in [9.17, 15) is 23.1 Å². The van der Waals surface area contributed by atoms with Gasteiger partial charge in [0.05, 0.1) is 4.90 Å². The molecule has 10 heteroatoms. The number of hydrogen-bond donors (Lipinski definition) is 2. The van der Waals surface area contributed by atoms with Gasteiger partial charge < -0.3 is 5.11 Å². The average Bonchev–Trinajstić information content (AvgIpc) is 2.66. The van der Waals surface area contributed by atoms with Crippen molar-refractivity contribution in [3.05, 3.63) is 77.3 Å². The monoisotopic (exact) mass is 465 g/mol. The summed E-state index contributed by atoms with van der Waals surface area (Å²) in [5.74, 6) is -4.08. The molecule has 1 amide bonds. The van der Waals surface area contributed by atoms with Crippen LogP contribution in [0.3, 0.4) is 0 Å². The molecule has 3 aromatic carbocycles. The molecule has 0 aromatic heterocycles. The molecule has 148 valence electrons. The number of benzene rings is 3. The van der Waals surface area contributed by atoms with Gasteiger partial charge in [-0.2, -0.15) is 0 Å². The quantitative estimate of drug-likeness (QED) is 0.428. The fourth-order valence-electron chi connectivity index (χ4n) is 2.75. The second-order valence-corrected chi connectivity index (χ2v) is 8.32. The topological polar surface area (TPSA) is 101 Å². The Morgan fingerprint density at radius 3 is 2.13 bits per heavy atom. The molecule has 6 nitrogen and oxygen atoms in total. The zero-order chi connectivity index (χ0) is 20.3. The van der Waals surface area contributed by atoms with E-state index in [0.29, 0.717) is 16.0 Å². The molecule has 0 saturated carbocycles. The molecule has 0 heterocycles. The van der Waals surface area contributed by atoms with Gasteiger partial charge in [-0.05, 0) is 47.0 Å². The number of carboxylic acid groups (broad SMARTS) is 1. The maximum atomic E-state index is 12.6. The van der Waals surface area contributed by atoms with Crippen LogP contribution in [0.2, 0.25) is 5.02 Å². The number of carbonyl (C=O) groups excluding carboxylic acids is 1. The van der Waals surface area contributed by atoms with Crippen molar-refractivity contribution in [3.63, 3.8) is 0 Å². The van der Waals surface area contributed by atoms with Crippen LogP contribution >= 0.6 is 11.6 Å².